The van der Waals surface area contributed by atoms with Gasteiger partial charge in [-0.2, -0.15) is 0 Å². The van der Waals surface area contributed by atoms with Gasteiger partial charge in [0.2, 0.25) is 0 Å². The second kappa shape index (κ2) is 4.57. The maximum absolute atomic E-state index is 5.71. The first kappa shape index (κ1) is 11.2. The molecular weight excluding hydrogens is 202 g/mol. The second-order valence-electron chi connectivity index (χ2n) is 3.54. The van der Waals surface area contributed by atoms with Gasteiger partial charge < -0.3 is 10.1 Å². The number of nitrogens with one attached hydrogen (secondary N) is 1. The summed E-state index contributed by atoms with van der Waals surface area (Å²) in [5.74, 6) is 0.704. The number of hydrogen-bond acceptors (Lipinski definition) is 4. The van der Waals surface area contributed by atoms with Crippen molar-refractivity contribution >= 4 is 17.4 Å². The molecular formula is C9H14ClN3O. The normalized spacial score (nSPS) is 11.4. The Morgan fingerprint density at radius 2 is 2.21 bits per heavy atom. The fraction of sp³-hybridized carbons (Fsp3) is 0.556. The molecule has 0 radical (unpaired) electrons. The van der Waals surface area contributed by atoms with E-state index < -0.39 is 0 Å². The monoisotopic (exact) mass is 215 g/mol. The molecule has 0 aliphatic rings. The van der Waals surface area contributed by atoms with Crippen molar-refractivity contribution in [1.82, 2.24) is 9.97 Å². The average Bonchev–Trinajstić information content (AvgIpc) is 2.15. The molecule has 78 valence electrons. The van der Waals surface area contributed by atoms with Gasteiger partial charge in [-0.3, -0.25) is 0 Å². The van der Waals surface area contributed by atoms with Crippen molar-refractivity contribution < 1.29 is 4.74 Å². The molecule has 0 saturated heterocycles. The summed E-state index contributed by atoms with van der Waals surface area (Å²) < 4.78 is 5.25. The highest BCUT2D eigenvalue weighted by Gasteiger charge is 2.15. The van der Waals surface area contributed by atoms with Gasteiger partial charge in [-0.25, -0.2) is 9.97 Å². The molecule has 0 aliphatic carbocycles. The number of methoxy groups -OCH3 is 1. The summed E-state index contributed by atoms with van der Waals surface area (Å²) in [5, 5.41) is 3.54. The van der Waals surface area contributed by atoms with Gasteiger partial charge in [0, 0.05) is 19.7 Å². The lowest BCUT2D eigenvalue weighted by molar-refractivity contribution is 0.0343. The lowest BCUT2D eigenvalue weighted by Crippen LogP contribution is -2.32. The van der Waals surface area contributed by atoms with Gasteiger partial charge in [-0.1, -0.05) is 11.6 Å². The lowest BCUT2D eigenvalue weighted by Gasteiger charge is -2.23. The smallest absolute Gasteiger partial charge is 0.134 e. The van der Waals surface area contributed by atoms with Crippen molar-refractivity contribution in [1.29, 1.82) is 0 Å². The van der Waals surface area contributed by atoms with E-state index in [9.17, 15) is 0 Å². The fourth-order valence-electron chi connectivity index (χ4n) is 0.806. The summed E-state index contributed by atoms with van der Waals surface area (Å²) >= 11 is 5.71. The maximum Gasteiger partial charge on any atom is 0.134 e. The third-order valence-corrected chi connectivity index (χ3v) is 2.09. The average molecular weight is 216 g/mol. The van der Waals surface area contributed by atoms with Crippen LogP contribution in [-0.4, -0.2) is 29.2 Å². The van der Waals surface area contributed by atoms with Crippen molar-refractivity contribution in [3.63, 3.8) is 0 Å². The number of aromatic nitrogens is 2. The molecule has 0 saturated carbocycles. The molecule has 0 aromatic carbocycles. The molecule has 0 fully saturated rings. The van der Waals surface area contributed by atoms with Crippen LogP contribution >= 0.6 is 11.6 Å². The van der Waals surface area contributed by atoms with Crippen LogP contribution in [0, 0.1) is 0 Å². The minimum atomic E-state index is -0.225. The zero-order valence-electron chi connectivity index (χ0n) is 8.54. The standard InChI is InChI=1S/C9H14ClN3O/c1-9(2,14-3)5-11-8-4-7(10)12-6-13-8/h4,6H,5H2,1-3H3,(H,11,12,13). The van der Waals surface area contributed by atoms with Crippen LogP contribution in [0.25, 0.3) is 0 Å². The Morgan fingerprint density at radius 1 is 1.50 bits per heavy atom. The molecule has 0 amide bonds. The van der Waals surface area contributed by atoms with Gasteiger partial charge >= 0.3 is 0 Å². The predicted octanol–water partition coefficient (Wildman–Crippen LogP) is 1.97. The van der Waals surface area contributed by atoms with Crippen LogP contribution < -0.4 is 5.32 Å². The zero-order chi connectivity index (χ0) is 10.6. The summed E-state index contributed by atoms with van der Waals surface area (Å²) in [6, 6.07) is 1.67. The predicted molar refractivity (Wildman–Crippen MR) is 56.6 cm³/mol. The molecule has 1 aromatic rings. The highest BCUT2D eigenvalue weighted by Crippen LogP contribution is 2.12. The minimum Gasteiger partial charge on any atom is -0.377 e. The van der Waals surface area contributed by atoms with E-state index in [-0.39, 0.29) is 5.60 Å². The van der Waals surface area contributed by atoms with Gasteiger partial charge in [0.25, 0.3) is 0 Å². The van der Waals surface area contributed by atoms with E-state index in [4.69, 9.17) is 16.3 Å². The van der Waals surface area contributed by atoms with E-state index in [1.165, 1.54) is 6.33 Å². The fourth-order valence-corrected chi connectivity index (χ4v) is 0.953. The van der Waals surface area contributed by atoms with Gasteiger partial charge in [-0.15, -0.1) is 0 Å². The van der Waals surface area contributed by atoms with E-state index in [2.05, 4.69) is 15.3 Å². The summed E-state index contributed by atoms with van der Waals surface area (Å²) in [7, 11) is 1.68. The van der Waals surface area contributed by atoms with Crippen LogP contribution in [0.1, 0.15) is 13.8 Å². The van der Waals surface area contributed by atoms with E-state index in [1.807, 2.05) is 13.8 Å². The lowest BCUT2D eigenvalue weighted by atomic mass is 10.1. The Balaban J connectivity index is 2.54. The largest absolute Gasteiger partial charge is 0.377 e. The molecule has 0 unspecified atom stereocenters. The van der Waals surface area contributed by atoms with Crippen LogP contribution in [-0.2, 0) is 4.74 Å². The maximum atomic E-state index is 5.71. The van der Waals surface area contributed by atoms with E-state index in [0.717, 1.165) is 0 Å². The van der Waals surface area contributed by atoms with Crippen molar-refractivity contribution in [3.05, 3.63) is 17.5 Å². The summed E-state index contributed by atoms with van der Waals surface area (Å²) in [5.41, 5.74) is -0.225. The highest BCUT2D eigenvalue weighted by atomic mass is 35.5. The summed E-state index contributed by atoms with van der Waals surface area (Å²) in [6.07, 6.45) is 1.42. The number of ether oxygens (including phenoxy) is 1. The van der Waals surface area contributed by atoms with Crippen LogP contribution in [0.2, 0.25) is 5.15 Å². The molecule has 1 aromatic heterocycles. The van der Waals surface area contributed by atoms with Crippen molar-refractivity contribution in [2.45, 2.75) is 19.4 Å². The Hall–Kier alpha value is -0.870. The van der Waals surface area contributed by atoms with Gasteiger partial charge in [0.1, 0.15) is 17.3 Å². The molecule has 1 rings (SSSR count). The number of rotatable bonds is 4. The van der Waals surface area contributed by atoms with Gasteiger partial charge in [0.15, 0.2) is 0 Å². The van der Waals surface area contributed by atoms with E-state index >= 15 is 0 Å². The summed E-state index contributed by atoms with van der Waals surface area (Å²) in [6.45, 7) is 4.64. The first-order valence-corrected chi connectivity index (χ1v) is 4.68. The Bertz CT molecular complexity index is 304. The van der Waals surface area contributed by atoms with Gasteiger partial charge in [0.05, 0.1) is 5.60 Å². The second-order valence-corrected chi connectivity index (χ2v) is 3.93. The molecule has 1 heterocycles. The molecule has 5 heteroatoms. The van der Waals surface area contributed by atoms with Crippen molar-refractivity contribution in [3.8, 4) is 0 Å². The first-order valence-electron chi connectivity index (χ1n) is 4.30. The molecule has 1 N–H and O–H groups in total. The van der Waals surface area contributed by atoms with E-state index in [0.29, 0.717) is 17.5 Å². The molecule has 0 spiro atoms. The molecule has 0 bridgehead atoms. The van der Waals surface area contributed by atoms with Crippen molar-refractivity contribution in [2.75, 3.05) is 19.0 Å². The third-order valence-electron chi connectivity index (χ3n) is 1.88. The van der Waals surface area contributed by atoms with Crippen LogP contribution in [0.3, 0.4) is 0 Å². The van der Waals surface area contributed by atoms with Crippen molar-refractivity contribution in [2.24, 2.45) is 0 Å². The van der Waals surface area contributed by atoms with E-state index in [1.54, 1.807) is 13.2 Å². The minimum absolute atomic E-state index is 0.225. The van der Waals surface area contributed by atoms with Gasteiger partial charge in [-0.05, 0) is 13.8 Å². The molecule has 0 atom stereocenters. The number of halogens is 1. The molecule has 0 aliphatic heterocycles. The van der Waals surface area contributed by atoms with Crippen LogP contribution in [0.4, 0.5) is 5.82 Å². The number of anilines is 1. The molecule has 4 nitrogen and oxygen atoms in total. The topological polar surface area (TPSA) is 47.0 Å². The summed E-state index contributed by atoms with van der Waals surface area (Å²) in [4.78, 5) is 7.80. The first-order chi connectivity index (χ1) is 6.53. The zero-order valence-corrected chi connectivity index (χ0v) is 9.30. The van der Waals surface area contributed by atoms with Crippen LogP contribution in [0.5, 0.6) is 0 Å². The SMILES string of the molecule is COC(C)(C)CNc1cc(Cl)ncn1. The third kappa shape index (κ3) is 3.47. The quantitative estimate of drug-likeness (QED) is 0.781. The van der Waals surface area contributed by atoms with Crippen LogP contribution in [0.15, 0.2) is 12.4 Å². The Labute approximate surface area is 88.7 Å². The highest BCUT2D eigenvalue weighted by molar-refractivity contribution is 6.29. The Kier molecular flexibility index (Phi) is 3.66. The number of hydrogen-bond donors (Lipinski definition) is 1. The molecule has 14 heavy (non-hydrogen) atoms. The Morgan fingerprint density at radius 3 is 2.79 bits per heavy atom. The number of nitrogens with zero attached hydrogens (tertiary/aromatic N) is 2.